The molecule has 1 atom stereocenters. The Morgan fingerprint density at radius 2 is 1.44 bits per heavy atom. The van der Waals surface area contributed by atoms with Gasteiger partial charge in [0.2, 0.25) is 0 Å². The first-order valence-electron chi connectivity index (χ1n) is 5.95. The fraction of sp³-hybridized carbons (Fsp3) is 0.200. The highest BCUT2D eigenvalue weighted by atomic mass is 14.0. The van der Waals surface area contributed by atoms with Crippen LogP contribution in [0.15, 0.2) is 60.7 Å². The quantitative estimate of drug-likeness (QED) is 0.675. The third kappa shape index (κ3) is 3.00. The zero-order valence-corrected chi connectivity index (χ0v) is 9.77. The van der Waals surface area contributed by atoms with Gasteiger partial charge >= 0.3 is 0 Å². The molecule has 0 saturated carbocycles. The van der Waals surface area contributed by atoms with Crippen molar-refractivity contribution < 1.29 is 0 Å². The topological polar surface area (TPSA) is 0 Å². The Hall–Kier alpha value is -1.50. The molecule has 0 heterocycles. The van der Waals surface area contributed by atoms with E-state index in [9.17, 15) is 0 Å². The third-order valence-electron chi connectivity index (χ3n) is 3.08. The van der Waals surface area contributed by atoms with Crippen molar-refractivity contribution in [3.8, 4) is 0 Å². The van der Waals surface area contributed by atoms with E-state index in [1.54, 1.807) is 0 Å². The summed E-state index contributed by atoms with van der Waals surface area (Å²) in [5.74, 6) is 0.640. The molecule has 0 bridgehead atoms. The van der Waals surface area contributed by atoms with Crippen LogP contribution in [0.1, 0.15) is 23.9 Å². The molecule has 2 aromatic carbocycles. The van der Waals surface area contributed by atoms with Crippen molar-refractivity contribution in [3.63, 3.8) is 0 Å². The van der Waals surface area contributed by atoms with Crippen LogP contribution < -0.4 is 0 Å². The minimum atomic E-state index is 0.640. The van der Waals surface area contributed by atoms with Crippen molar-refractivity contribution in [1.82, 2.24) is 0 Å². The molecule has 0 aliphatic carbocycles. The summed E-state index contributed by atoms with van der Waals surface area (Å²) < 4.78 is 0. The lowest BCUT2D eigenvalue weighted by Gasteiger charge is -2.10. The zero-order chi connectivity index (χ0) is 11.2. The second-order valence-corrected chi connectivity index (χ2v) is 4.34. The van der Waals surface area contributed by atoms with Gasteiger partial charge in [-0.2, -0.15) is 0 Å². The van der Waals surface area contributed by atoms with Crippen molar-refractivity contribution in [1.29, 1.82) is 0 Å². The van der Waals surface area contributed by atoms with Crippen molar-refractivity contribution in [2.24, 2.45) is 0 Å². The molecule has 0 radical (unpaired) electrons. The molecule has 0 saturated heterocycles. The average Bonchev–Trinajstić information content (AvgIpc) is 2.38. The summed E-state index contributed by atoms with van der Waals surface area (Å²) in [6.45, 7) is 2.30. The van der Waals surface area contributed by atoms with Gasteiger partial charge in [0.05, 0.1) is 0 Å². The monoisotopic (exact) mass is 208 g/mol. The fourth-order valence-electron chi connectivity index (χ4n) is 1.98. The van der Waals surface area contributed by atoms with Gasteiger partial charge in [0, 0.05) is 0 Å². The second-order valence-electron chi connectivity index (χ2n) is 4.34. The van der Waals surface area contributed by atoms with Crippen LogP contribution in [0, 0.1) is 0 Å². The van der Waals surface area contributed by atoms with Gasteiger partial charge in [-0.15, -0.1) is 0 Å². The van der Waals surface area contributed by atoms with Crippen LogP contribution in [-0.2, 0) is 6.32 Å². The Bertz CT molecular complexity index is 408. The second kappa shape index (κ2) is 5.55. The number of rotatable bonds is 4. The summed E-state index contributed by atoms with van der Waals surface area (Å²) in [6.07, 6.45) is 1.16. The van der Waals surface area contributed by atoms with E-state index in [0.29, 0.717) is 5.82 Å². The number of hydrogen-bond donors (Lipinski definition) is 0. The van der Waals surface area contributed by atoms with E-state index in [2.05, 4.69) is 67.6 Å². The normalized spacial score (nSPS) is 12.1. The van der Waals surface area contributed by atoms with Gasteiger partial charge < -0.3 is 0 Å². The molecule has 1 heteroatoms. The molecule has 16 heavy (non-hydrogen) atoms. The third-order valence-corrected chi connectivity index (χ3v) is 3.08. The first kappa shape index (κ1) is 11.0. The van der Waals surface area contributed by atoms with Crippen molar-refractivity contribution in [3.05, 3.63) is 71.8 Å². The van der Waals surface area contributed by atoms with Crippen LogP contribution in [0.4, 0.5) is 0 Å². The zero-order valence-electron chi connectivity index (χ0n) is 9.77. The molecule has 2 aromatic rings. The van der Waals surface area contributed by atoms with Crippen LogP contribution in [-0.4, -0.2) is 7.28 Å². The molecule has 0 aliphatic rings. The van der Waals surface area contributed by atoms with Crippen LogP contribution >= 0.6 is 0 Å². The van der Waals surface area contributed by atoms with Gasteiger partial charge in [-0.25, -0.2) is 0 Å². The molecule has 0 amide bonds. The Kier molecular flexibility index (Phi) is 3.82. The molecule has 0 aromatic heterocycles. The molecule has 0 spiro atoms. The SMILES string of the molecule is C[C@H](BCc1ccccc1)c1ccccc1. The summed E-state index contributed by atoms with van der Waals surface area (Å²) in [5, 5.41) is 0. The van der Waals surface area contributed by atoms with E-state index in [0.717, 1.165) is 6.32 Å². The largest absolute Gasteiger partial charge is 0.134 e. The van der Waals surface area contributed by atoms with E-state index in [4.69, 9.17) is 0 Å². The van der Waals surface area contributed by atoms with E-state index >= 15 is 0 Å². The predicted molar refractivity (Wildman–Crippen MR) is 72.2 cm³/mol. The lowest BCUT2D eigenvalue weighted by molar-refractivity contribution is 1.05. The van der Waals surface area contributed by atoms with Crippen molar-refractivity contribution in [2.75, 3.05) is 0 Å². The Morgan fingerprint density at radius 3 is 2.06 bits per heavy atom. The maximum Gasteiger partial charge on any atom is 0.134 e. The summed E-state index contributed by atoms with van der Waals surface area (Å²) in [7, 11) is 1.22. The minimum Gasteiger partial charge on any atom is -0.0654 e. The van der Waals surface area contributed by atoms with E-state index in [-0.39, 0.29) is 0 Å². The Morgan fingerprint density at radius 1 is 0.875 bits per heavy atom. The smallest absolute Gasteiger partial charge is 0.0654 e. The Balaban J connectivity index is 1.92. The maximum atomic E-state index is 2.30. The molecule has 0 N–H and O–H groups in total. The molecule has 0 fully saturated rings. The van der Waals surface area contributed by atoms with E-state index < -0.39 is 0 Å². The van der Waals surface area contributed by atoms with Crippen LogP contribution in [0.3, 0.4) is 0 Å². The van der Waals surface area contributed by atoms with Gasteiger partial charge in [0.25, 0.3) is 0 Å². The average molecular weight is 208 g/mol. The highest BCUT2D eigenvalue weighted by Crippen LogP contribution is 2.14. The molecule has 0 nitrogen and oxygen atoms in total. The standard InChI is InChI=1S/C15H17B/c1-13(15-10-6-3-7-11-15)16-12-14-8-4-2-5-9-14/h2-11,13,16H,12H2,1H3/t13-/m0/s1. The lowest BCUT2D eigenvalue weighted by Crippen LogP contribution is -2.07. The van der Waals surface area contributed by atoms with Gasteiger partial charge in [0.1, 0.15) is 7.28 Å². The summed E-state index contributed by atoms with van der Waals surface area (Å²) in [5.41, 5.74) is 2.88. The highest BCUT2D eigenvalue weighted by molar-refractivity contribution is 6.37. The first-order chi connectivity index (χ1) is 7.86. The molecule has 80 valence electrons. The minimum absolute atomic E-state index is 0.640. The molecular formula is C15H17B. The van der Waals surface area contributed by atoms with Gasteiger partial charge in [-0.3, -0.25) is 0 Å². The maximum absolute atomic E-state index is 2.30. The summed E-state index contributed by atoms with van der Waals surface area (Å²) in [6, 6.07) is 21.5. The Labute approximate surface area is 98.6 Å². The number of benzene rings is 2. The van der Waals surface area contributed by atoms with Crippen molar-refractivity contribution in [2.45, 2.75) is 19.1 Å². The van der Waals surface area contributed by atoms with Gasteiger partial charge in [-0.05, 0) is 5.82 Å². The van der Waals surface area contributed by atoms with Crippen LogP contribution in [0.25, 0.3) is 0 Å². The van der Waals surface area contributed by atoms with Crippen molar-refractivity contribution >= 4 is 7.28 Å². The summed E-state index contributed by atoms with van der Waals surface area (Å²) >= 11 is 0. The van der Waals surface area contributed by atoms with Gasteiger partial charge in [0.15, 0.2) is 0 Å². The summed E-state index contributed by atoms with van der Waals surface area (Å²) in [4.78, 5) is 0. The molecule has 0 unspecified atom stereocenters. The predicted octanol–water partition coefficient (Wildman–Crippen LogP) is 3.38. The number of hydrogen-bond acceptors (Lipinski definition) is 0. The first-order valence-corrected chi connectivity index (χ1v) is 5.95. The van der Waals surface area contributed by atoms with Crippen LogP contribution in [0.2, 0.25) is 0 Å². The fourth-order valence-corrected chi connectivity index (χ4v) is 1.98. The van der Waals surface area contributed by atoms with E-state index in [1.807, 2.05) is 0 Å². The molecular weight excluding hydrogens is 191 g/mol. The molecule has 0 aliphatic heterocycles. The van der Waals surface area contributed by atoms with E-state index in [1.165, 1.54) is 18.4 Å². The highest BCUT2D eigenvalue weighted by Gasteiger charge is 2.06. The molecule has 2 rings (SSSR count). The van der Waals surface area contributed by atoms with Crippen LogP contribution in [0.5, 0.6) is 0 Å². The lowest BCUT2D eigenvalue weighted by atomic mass is 9.59. The van der Waals surface area contributed by atoms with Gasteiger partial charge in [-0.1, -0.05) is 85.0 Å².